The average molecular weight is 533 g/mol. The number of nitrogens with zero attached hydrogens (tertiary/aromatic N) is 2. The van der Waals surface area contributed by atoms with E-state index in [-0.39, 0.29) is 12.2 Å². The van der Waals surface area contributed by atoms with Crippen molar-refractivity contribution in [2.45, 2.75) is 19.6 Å². The lowest BCUT2D eigenvalue weighted by Gasteiger charge is -2.23. The molecule has 0 spiro atoms. The molecule has 1 aliphatic heterocycles. The topological polar surface area (TPSA) is 79.1 Å². The molecule has 0 aliphatic carbocycles. The molecular formula is C28H24N2O5S2. The summed E-state index contributed by atoms with van der Waals surface area (Å²) < 4.78 is 18.6. The number of thiazole rings is 1. The lowest BCUT2D eigenvalue weighted by Crippen LogP contribution is -2.39. The second-order valence-electron chi connectivity index (χ2n) is 8.27. The molecule has 0 saturated heterocycles. The fourth-order valence-electron chi connectivity index (χ4n) is 4.19. The number of ether oxygens (including phenoxy) is 3. The molecule has 9 heteroatoms. The van der Waals surface area contributed by atoms with Gasteiger partial charge in [-0.05, 0) is 48.2 Å². The third-order valence-electron chi connectivity index (χ3n) is 5.99. The van der Waals surface area contributed by atoms with Crippen LogP contribution in [0, 0.1) is 0 Å². The van der Waals surface area contributed by atoms with Crippen LogP contribution in [0.3, 0.4) is 0 Å². The van der Waals surface area contributed by atoms with Crippen LogP contribution < -0.4 is 24.4 Å². The summed E-state index contributed by atoms with van der Waals surface area (Å²) in [5, 5.41) is 1.93. The Morgan fingerprint density at radius 1 is 1.08 bits per heavy atom. The maximum absolute atomic E-state index is 13.8. The van der Waals surface area contributed by atoms with Crippen molar-refractivity contribution in [2.75, 3.05) is 14.2 Å². The summed E-state index contributed by atoms with van der Waals surface area (Å²) in [6, 6.07) is 18.1. The Morgan fingerprint density at radius 2 is 1.89 bits per heavy atom. The molecule has 0 bridgehead atoms. The average Bonchev–Trinajstić information content (AvgIpc) is 3.55. The van der Waals surface area contributed by atoms with Gasteiger partial charge in [-0.1, -0.05) is 47.7 Å². The van der Waals surface area contributed by atoms with Crippen molar-refractivity contribution >= 4 is 34.7 Å². The van der Waals surface area contributed by atoms with Crippen molar-refractivity contribution in [3.63, 3.8) is 0 Å². The summed E-state index contributed by atoms with van der Waals surface area (Å²) in [6.07, 6.45) is 1.77. The highest BCUT2D eigenvalue weighted by Gasteiger charge is 2.34. The van der Waals surface area contributed by atoms with E-state index in [1.165, 1.54) is 22.7 Å². The molecule has 1 atom stereocenters. The summed E-state index contributed by atoms with van der Waals surface area (Å²) in [6.45, 7) is 1.91. The number of rotatable bonds is 7. The molecule has 0 N–H and O–H groups in total. The van der Waals surface area contributed by atoms with Gasteiger partial charge in [0.05, 0.1) is 30.0 Å². The van der Waals surface area contributed by atoms with Crippen molar-refractivity contribution in [3.8, 4) is 11.5 Å². The quantitative estimate of drug-likeness (QED) is 0.336. The smallest absolute Gasteiger partial charge is 0.338 e. The van der Waals surface area contributed by atoms with Crippen LogP contribution in [-0.2, 0) is 16.1 Å². The summed E-state index contributed by atoms with van der Waals surface area (Å²) in [4.78, 5) is 33.2. The molecular weight excluding hydrogens is 508 g/mol. The minimum atomic E-state index is -0.631. The normalized spacial score (nSPS) is 15.2. The highest BCUT2D eigenvalue weighted by Crippen LogP contribution is 2.33. The number of methoxy groups -OCH3 is 2. The van der Waals surface area contributed by atoms with Gasteiger partial charge in [0.15, 0.2) is 4.80 Å². The predicted molar refractivity (Wildman–Crippen MR) is 144 cm³/mol. The van der Waals surface area contributed by atoms with Crippen LogP contribution in [-0.4, -0.2) is 24.8 Å². The maximum atomic E-state index is 13.8. The number of benzene rings is 2. The molecule has 0 fully saturated rings. The van der Waals surface area contributed by atoms with E-state index in [9.17, 15) is 9.59 Å². The zero-order valence-electron chi connectivity index (χ0n) is 20.5. The highest BCUT2D eigenvalue weighted by atomic mass is 32.1. The van der Waals surface area contributed by atoms with Gasteiger partial charge in [0, 0.05) is 10.4 Å². The molecule has 1 unspecified atom stereocenters. The van der Waals surface area contributed by atoms with Gasteiger partial charge in [0.2, 0.25) is 0 Å². The van der Waals surface area contributed by atoms with E-state index in [4.69, 9.17) is 14.2 Å². The third kappa shape index (κ3) is 4.87. The van der Waals surface area contributed by atoms with Crippen LogP contribution >= 0.6 is 22.7 Å². The molecule has 0 radical (unpaired) electrons. The van der Waals surface area contributed by atoms with Gasteiger partial charge in [0.1, 0.15) is 24.1 Å². The van der Waals surface area contributed by atoms with Crippen molar-refractivity contribution in [1.82, 2.24) is 4.57 Å². The SMILES string of the molecule is COc1ccc(OC)c(/C=c2/sc3n(c2=O)C(c2cccs2)C(C(=O)OCc2ccccc2)=C(C)N=3)c1. The Bertz CT molecular complexity index is 1650. The lowest BCUT2D eigenvalue weighted by molar-refractivity contribution is -0.140. The lowest BCUT2D eigenvalue weighted by atomic mass is 10.0. The van der Waals surface area contributed by atoms with Crippen molar-refractivity contribution in [1.29, 1.82) is 0 Å². The Kier molecular flexibility index (Phi) is 7.07. The second kappa shape index (κ2) is 10.6. The number of allylic oxidation sites excluding steroid dienone is 1. The number of aromatic nitrogens is 1. The van der Waals surface area contributed by atoms with Gasteiger partial charge in [-0.15, -0.1) is 11.3 Å². The fourth-order valence-corrected chi connectivity index (χ4v) is 6.05. The van der Waals surface area contributed by atoms with Crippen LogP contribution in [0.5, 0.6) is 11.5 Å². The van der Waals surface area contributed by atoms with Gasteiger partial charge in [-0.25, -0.2) is 9.79 Å². The van der Waals surface area contributed by atoms with Crippen LogP contribution in [0.25, 0.3) is 6.08 Å². The number of hydrogen-bond donors (Lipinski definition) is 0. The maximum Gasteiger partial charge on any atom is 0.338 e. The van der Waals surface area contributed by atoms with Crippen molar-refractivity contribution in [2.24, 2.45) is 4.99 Å². The van der Waals surface area contributed by atoms with Gasteiger partial charge in [-0.2, -0.15) is 0 Å². The second-order valence-corrected chi connectivity index (χ2v) is 10.3. The Balaban J connectivity index is 1.60. The van der Waals surface area contributed by atoms with Crippen LogP contribution in [0.2, 0.25) is 0 Å². The molecule has 5 rings (SSSR count). The third-order valence-corrected chi connectivity index (χ3v) is 7.90. The molecule has 2 aromatic carbocycles. The number of hydrogen-bond acceptors (Lipinski definition) is 8. The van der Waals surface area contributed by atoms with E-state index >= 15 is 0 Å². The van der Waals surface area contributed by atoms with Crippen molar-refractivity contribution < 1.29 is 19.0 Å². The minimum Gasteiger partial charge on any atom is -0.497 e. The first-order chi connectivity index (χ1) is 18.0. The zero-order chi connectivity index (χ0) is 25.9. The van der Waals surface area contributed by atoms with Gasteiger partial charge in [-0.3, -0.25) is 9.36 Å². The van der Waals surface area contributed by atoms with Crippen LogP contribution in [0.1, 0.15) is 29.0 Å². The van der Waals surface area contributed by atoms with E-state index in [1.54, 1.807) is 43.9 Å². The van der Waals surface area contributed by atoms with E-state index in [1.807, 2.05) is 53.9 Å². The first kappa shape index (κ1) is 24.7. The number of esters is 1. The van der Waals surface area contributed by atoms with Gasteiger partial charge >= 0.3 is 5.97 Å². The molecule has 1 aliphatic rings. The van der Waals surface area contributed by atoms with Crippen LogP contribution in [0.4, 0.5) is 0 Å². The summed E-state index contributed by atoms with van der Waals surface area (Å²) >= 11 is 2.75. The molecule has 0 saturated carbocycles. The zero-order valence-corrected chi connectivity index (χ0v) is 22.1. The summed E-state index contributed by atoms with van der Waals surface area (Å²) in [5.74, 6) is 0.769. The first-order valence-corrected chi connectivity index (χ1v) is 13.2. The number of thiophene rings is 1. The summed E-state index contributed by atoms with van der Waals surface area (Å²) in [5.41, 5.74) is 2.23. The van der Waals surface area contributed by atoms with Crippen LogP contribution in [0.15, 0.2) is 87.1 Å². The highest BCUT2D eigenvalue weighted by molar-refractivity contribution is 7.10. The molecule has 3 heterocycles. The minimum absolute atomic E-state index is 0.133. The predicted octanol–water partition coefficient (Wildman–Crippen LogP) is 4.06. The largest absolute Gasteiger partial charge is 0.497 e. The Hall–Kier alpha value is -3.95. The molecule has 7 nitrogen and oxygen atoms in total. The van der Waals surface area contributed by atoms with Crippen molar-refractivity contribution in [3.05, 3.63) is 113 Å². The number of fused-ring (bicyclic) bond motifs is 1. The first-order valence-electron chi connectivity index (χ1n) is 11.5. The molecule has 0 amide bonds. The monoisotopic (exact) mass is 532 g/mol. The van der Waals surface area contributed by atoms with E-state index in [2.05, 4.69) is 4.99 Å². The summed E-state index contributed by atoms with van der Waals surface area (Å²) in [7, 11) is 3.16. The van der Waals surface area contributed by atoms with E-state index in [0.717, 1.165) is 10.4 Å². The van der Waals surface area contributed by atoms with E-state index in [0.29, 0.717) is 37.7 Å². The molecule has 188 valence electrons. The molecule has 37 heavy (non-hydrogen) atoms. The Morgan fingerprint density at radius 3 is 2.59 bits per heavy atom. The number of carbonyl (C=O) groups excluding carboxylic acids is 1. The van der Waals surface area contributed by atoms with Gasteiger partial charge < -0.3 is 14.2 Å². The standard InChI is InChI=1S/C28H24N2O5S2/c1-17-24(27(32)35-16-18-8-5-4-6-9-18)25(22-10-7-13-36-22)30-26(31)23(37-28(30)29-17)15-19-14-20(33-2)11-12-21(19)34-3/h4-15,25H,16H2,1-3H3/b23-15+. The Labute approximate surface area is 221 Å². The van der Waals surface area contributed by atoms with Gasteiger partial charge in [0.25, 0.3) is 5.56 Å². The van der Waals surface area contributed by atoms with E-state index < -0.39 is 12.0 Å². The fraction of sp³-hybridized carbons (Fsp3) is 0.179. The number of carbonyl (C=O) groups is 1. The molecule has 4 aromatic rings. The molecule has 2 aromatic heterocycles.